The molecule has 0 aliphatic carbocycles. The highest BCUT2D eigenvalue weighted by Crippen LogP contribution is 2.25. The summed E-state index contributed by atoms with van der Waals surface area (Å²) in [5, 5.41) is 13.8. The number of amides is 2. The molecule has 164 valence electrons. The van der Waals surface area contributed by atoms with Crippen LogP contribution >= 0.6 is 34.2 Å². The number of hydrogen-bond donors (Lipinski definition) is 2. The summed E-state index contributed by atoms with van der Waals surface area (Å²) in [4.78, 5) is 28.0. The lowest BCUT2D eigenvalue weighted by molar-refractivity contribution is -0.123. The Morgan fingerprint density at radius 2 is 1.94 bits per heavy atom. The standard InChI is InChI=1S/C19H20ClIN6O4/c1-11-5-14(6-12(2)17(11)20)30-10-16(28)22-3-4-23-18(29)19-25-15(26-31-19)9-27-8-13(21)7-24-27/h5-8H,3-4,9-10H2,1-2H3,(H,22,28)(H,23,29). The predicted octanol–water partition coefficient (Wildman–Crippen LogP) is 2.11. The fourth-order valence-electron chi connectivity index (χ4n) is 2.62. The lowest BCUT2D eigenvalue weighted by Crippen LogP contribution is -2.36. The van der Waals surface area contributed by atoms with E-state index in [1.807, 2.05) is 20.0 Å². The van der Waals surface area contributed by atoms with Gasteiger partial charge in [-0.05, 0) is 59.7 Å². The van der Waals surface area contributed by atoms with Crippen LogP contribution in [0.4, 0.5) is 0 Å². The maximum atomic E-state index is 12.1. The molecule has 2 amide bonds. The fraction of sp³-hybridized carbons (Fsp3) is 0.316. The van der Waals surface area contributed by atoms with Crippen molar-refractivity contribution in [2.24, 2.45) is 0 Å². The van der Waals surface area contributed by atoms with Crippen molar-refractivity contribution >= 4 is 46.0 Å². The van der Waals surface area contributed by atoms with Gasteiger partial charge in [0.15, 0.2) is 12.4 Å². The van der Waals surface area contributed by atoms with Crippen molar-refractivity contribution in [1.29, 1.82) is 0 Å². The average molecular weight is 559 g/mol. The predicted molar refractivity (Wildman–Crippen MR) is 120 cm³/mol. The zero-order valence-corrected chi connectivity index (χ0v) is 19.7. The molecule has 31 heavy (non-hydrogen) atoms. The van der Waals surface area contributed by atoms with Crippen LogP contribution in [-0.4, -0.2) is 51.4 Å². The zero-order chi connectivity index (χ0) is 22.4. The largest absolute Gasteiger partial charge is 0.484 e. The van der Waals surface area contributed by atoms with Gasteiger partial charge in [-0.2, -0.15) is 10.1 Å². The average Bonchev–Trinajstić information content (AvgIpc) is 3.36. The Bertz CT molecular complexity index is 1060. The molecule has 10 nitrogen and oxygen atoms in total. The Hall–Kier alpha value is -2.67. The van der Waals surface area contributed by atoms with E-state index >= 15 is 0 Å². The molecule has 3 rings (SSSR count). The molecule has 2 aromatic heterocycles. The van der Waals surface area contributed by atoms with E-state index in [0.29, 0.717) is 23.1 Å². The van der Waals surface area contributed by atoms with E-state index in [1.54, 1.807) is 23.0 Å². The van der Waals surface area contributed by atoms with Gasteiger partial charge in [0, 0.05) is 24.3 Å². The third-order valence-electron chi connectivity index (χ3n) is 4.08. The zero-order valence-electron chi connectivity index (χ0n) is 16.8. The van der Waals surface area contributed by atoms with Crippen LogP contribution in [0.5, 0.6) is 5.75 Å². The Balaban J connectivity index is 1.36. The maximum absolute atomic E-state index is 12.1. The van der Waals surface area contributed by atoms with E-state index < -0.39 is 5.91 Å². The molecule has 0 aliphatic rings. The number of hydrogen-bond acceptors (Lipinski definition) is 7. The maximum Gasteiger partial charge on any atom is 0.316 e. The molecule has 2 heterocycles. The van der Waals surface area contributed by atoms with Crippen molar-refractivity contribution in [2.45, 2.75) is 20.4 Å². The number of ether oxygens (including phenoxy) is 1. The molecule has 0 spiro atoms. The molecule has 0 atom stereocenters. The van der Waals surface area contributed by atoms with Crippen LogP contribution in [0.3, 0.4) is 0 Å². The monoisotopic (exact) mass is 558 g/mol. The van der Waals surface area contributed by atoms with Crippen LogP contribution in [0.25, 0.3) is 0 Å². The molecular weight excluding hydrogens is 539 g/mol. The highest BCUT2D eigenvalue weighted by Gasteiger charge is 2.15. The van der Waals surface area contributed by atoms with E-state index in [2.05, 4.69) is 48.5 Å². The summed E-state index contributed by atoms with van der Waals surface area (Å²) in [6.45, 7) is 4.30. The van der Waals surface area contributed by atoms with Gasteiger partial charge in [0.05, 0.1) is 9.77 Å². The van der Waals surface area contributed by atoms with Gasteiger partial charge in [0.25, 0.3) is 5.91 Å². The normalized spacial score (nSPS) is 10.7. The molecule has 0 saturated heterocycles. The van der Waals surface area contributed by atoms with Gasteiger partial charge in [0.1, 0.15) is 12.3 Å². The molecule has 0 unspecified atom stereocenters. The molecule has 0 saturated carbocycles. The number of carbonyl (C=O) groups excluding carboxylic acids is 2. The third-order valence-corrected chi connectivity index (χ3v) is 5.23. The second-order valence-electron chi connectivity index (χ2n) is 6.64. The molecule has 2 N–H and O–H groups in total. The van der Waals surface area contributed by atoms with Gasteiger partial charge < -0.3 is 19.9 Å². The summed E-state index contributed by atoms with van der Waals surface area (Å²) in [7, 11) is 0. The van der Waals surface area contributed by atoms with Crippen LogP contribution < -0.4 is 15.4 Å². The first-order valence-electron chi connectivity index (χ1n) is 9.27. The SMILES string of the molecule is Cc1cc(OCC(=O)NCCNC(=O)c2nc(Cn3cc(I)cn3)no2)cc(C)c1Cl. The molecule has 0 aliphatic heterocycles. The number of carbonyl (C=O) groups is 2. The smallest absolute Gasteiger partial charge is 0.316 e. The second kappa shape index (κ2) is 10.6. The number of benzene rings is 1. The molecule has 3 aromatic rings. The van der Waals surface area contributed by atoms with Crippen molar-refractivity contribution in [2.75, 3.05) is 19.7 Å². The Morgan fingerprint density at radius 3 is 2.61 bits per heavy atom. The number of aryl methyl sites for hydroxylation is 2. The molecular formula is C19H20ClIN6O4. The van der Waals surface area contributed by atoms with Crippen LogP contribution in [0.2, 0.25) is 5.02 Å². The molecule has 1 aromatic carbocycles. The summed E-state index contributed by atoms with van der Waals surface area (Å²) >= 11 is 8.26. The third kappa shape index (κ3) is 6.66. The van der Waals surface area contributed by atoms with Gasteiger partial charge in [0.2, 0.25) is 0 Å². The lowest BCUT2D eigenvalue weighted by Gasteiger charge is -2.10. The van der Waals surface area contributed by atoms with Crippen LogP contribution in [0, 0.1) is 17.4 Å². The van der Waals surface area contributed by atoms with E-state index in [-0.39, 0.29) is 31.5 Å². The van der Waals surface area contributed by atoms with Crippen LogP contribution in [-0.2, 0) is 11.3 Å². The van der Waals surface area contributed by atoms with Crippen molar-refractivity contribution in [3.05, 3.63) is 56.0 Å². The molecule has 0 fully saturated rings. The lowest BCUT2D eigenvalue weighted by atomic mass is 10.1. The number of aromatic nitrogens is 4. The van der Waals surface area contributed by atoms with Crippen molar-refractivity contribution < 1.29 is 18.8 Å². The second-order valence-corrected chi connectivity index (χ2v) is 8.26. The first kappa shape index (κ1) is 23.0. The number of halogens is 2. The summed E-state index contributed by atoms with van der Waals surface area (Å²) in [6, 6.07) is 3.54. The van der Waals surface area contributed by atoms with Crippen LogP contribution in [0.1, 0.15) is 27.6 Å². The number of nitrogens with zero attached hydrogens (tertiary/aromatic N) is 4. The van der Waals surface area contributed by atoms with E-state index in [1.165, 1.54) is 0 Å². The van der Waals surface area contributed by atoms with E-state index in [4.69, 9.17) is 20.9 Å². The summed E-state index contributed by atoms with van der Waals surface area (Å²) < 4.78 is 13.1. The summed E-state index contributed by atoms with van der Waals surface area (Å²) in [5.74, 6) is -0.0810. The van der Waals surface area contributed by atoms with Gasteiger partial charge in [-0.15, -0.1) is 0 Å². The van der Waals surface area contributed by atoms with Crippen molar-refractivity contribution in [3.8, 4) is 5.75 Å². The highest BCUT2D eigenvalue weighted by atomic mass is 127. The van der Waals surface area contributed by atoms with Crippen molar-refractivity contribution in [3.63, 3.8) is 0 Å². The van der Waals surface area contributed by atoms with Gasteiger partial charge in [-0.25, -0.2) is 0 Å². The summed E-state index contributed by atoms with van der Waals surface area (Å²) in [5.41, 5.74) is 1.76. The van der Waals surface area contributed by atoms with Gasteiger partial charge in [-0.3, -0.25) is 14.3 Å². The highest BCUT2D eigenvalue weighted by molar-refractivity contribution is 14.1. The van der Waals surface area contributed by atoms with Gasteiger partial charge in [-0.1, -0.05) is 16.8 Å². The molecule has 0 bridgehead atoms. The minimum atomic E-state index is -0.522. The summed E-state index contributed by atoms with van der Waals surface area (Å²) in [6.07, 6.45) is 3.52. The minimum absolute atomic E-state index is 0.145. The number of rotatable bonds is 9. The van der Waals surface area contributed by atoms with E-state index in [0.717, 1.165) is 14.7 Å². The van der Waals surface area contributed by atoms with Gasteiger partial charge >= 0.3 is 11.8 Å². The van der Waals surface area contributed by atoms with E-state index in [9.17, 15) is 9.59 Å². The molecule has 0 radical (unpaired) electrons. The first-order valence-corrected chi connectivity index (χ1v) is 10.7. The Morgan fingerprint density at radius 1 is 1.23 bits per heavy atom. The van der Waals surface area contributed by atoms with Crippen LogP contribution in [0.15, 0.2) is 29.0 Å². The number of nitrogens with one attached hydrogen (secondary N) is 2. The molecule has 12 heteroatoms. The Kier molecular flexibility index (Phi) is 7.85. The minimum Gasteiger partial charge on any atom is -0.484 e. The Labute approximate surface area is 196 Å². The topological polar surface area (TPSA) is 124 Å². The first-order chi connectivity index (χ1) is 14.8. The quantitative estimate of drug-likeness (QED) is 0.305. The van der Waals surface area contributed by atoms with Crippen molar-refractivity contribution in [1.82, 2.24) is 30.6 Å². The fourth-order valence-corrected chi connectivity index (χ4v) is 3.18.